The summed E-state index contributed by atoms with van der Waals surface area (Å²) in [4.78, 5) is 17.9. The topological polar surface area (TPSA) is 110 Å². The Morgan fingerprint density at radius 3 is 2.04 bits per heavy atom. The number of aliphatic hydroxyl groups excluding tert-OH is 2. The SMILES string of the molecule is OC[C@H](O)/C=N\Nc1nc(N2CCCCC2)nc(N2CCCC2)n1. The number of anilines is 3. The first-order valence-electron chi connectivity index (χ1n) is 8.60. The third kappa shape index (κ3) is 4.30. The zero-order valence-corrected chi connectivity index (χ0v) is 13.8. The van der Waals surface area contributed by atoms with E-state index < -0.39 is 6.10 Å². The Balaban J connectivity index is 1.80. The highest BCUT2D eigenvalue weighted by Gasteiger charge is 2.20. The number of hydrogen-bond acceptors (Lipinski definition) is 9. The van der Waals surface area contributed by atoms with Crippen molar-refractivity contribution in [3.8, 4) is 0 Å². The molecule has 0 aliphatic carbocycles. The molecule has 3 rings (SSSR count). The van der Waals surface area contributed by atoms with Crippen LogP contribution in [0.4, 0.5) is 17.8 Å². The largest absolute Gasteiger partial charge is 0.393 e. The monoisotopic (exact) mass is 335 g/mol. The van der Waals surface area contributed by atoms with Gasteiger partial charge in [-0.25, -0.2) is 5.43 Å². The van der Waals surface area contributed by atoms with E-state index in [0.717, 1.165) is 51.9 Å². The number of aromatic nitrogens is 3. The maximum atomic E-state index is 9.31. The Bertz CT molecular complexity index is 557. The summed E-state index contributed by atoms with van der Waals surface area (Å²) >= 11 is 0. The van der Waals surface area contributed by atoms with Gasteiger partial charge in [0, 0.05) is 26.2 Å². The summed E-state index contributed by atoms with van der Waals surface area (Å²) in [5.41, 5.74) is 2.74. The van der Waals surface area contributed by atoms with Crippen LogP contribution in [0, 0.1) is 0 Å². The lowest BCUT2D eigenvalue weighted by Crippen LogP contribution is -2.32. The molecule has 0 bridgehead atoms. The van der Waals surface area contributed by atoms with Gasteiger partial charge in [-0.05, 0) is 32.1 Å². The molecule has 0 unspecified atom stereocenters. The van der Waals surface area contributed by atoms with Crippen molar-refractivity contribution in [1.29, 1.82) is 0 Å². The van der Waals surface area contributed by atoms with Gasteiger partial charge in [0.1, 0.15) is 6.10 Å². The highest BCUT2D eigenvalue weighted by molar-refractivity contribution is 5.63. The van der Waals surface area contributed by atoms with Gasteiger partial charge in [-0.2, -0.15) is 20.1 Å². The van der Waals surface area contributed by atoms with Crippen LogP contribution in [0.2, 0.25) is 0 Å². The fourth-order valence-electron chi connectivity index (χ4n) is 2.93. The second-order valence-corrected chi connectivity index (χ2v) is 6.14. The zero-order chi connectivity index (χ0) is 16.8. The lowest BCUT2D eigenvalue weighted by Gasteiger charge is -2.27. The molecule has 9 nitrogen and oxygen atoms in total. The van der Waals surface area contributed by atoms with E-state index in [1.807, 2.05) is 0 Å². The Morgan fingerprint density at radius 2 is 1.50 bits per heavy atom. The van der Waals surface area contributed by atoms with E-state index in [4.69, 9.17) is 5.11 Å². The number of piperidine rings is 1. The predicted octanol–water partition coefficient (Wildman–Crippen LogP) is 0.213. The van der Waals surface area contributed by atoms with Gasteiger partial charge in [-0.15, -0.1) is 0 Å². The molecule has 0 radical (unpaired) electrons. The minimum atomic E-state index is -1.00. The molecule has 24 heavy (non-hydrogen) atoms. The number of rotatable bonds is 6. The van der Waals surface area contributed by atoms with E-state index in [-0.39, 0.29) is 6.61 Å². The van der Waals surface area contributed by atoms with Gasteiger partial charge in [-0.3, -0.25) is 0 Å². The first-order valence-corrected chi connectivity index (χ1v) is 8.60. The lowest BCUT2D eigenvalue weighted by atomic mass is 10.1. The Hall–Kier alpha value is -2.00. The summed E-state index contributed by atoms with van der Waals surface area (Å²) in [5.74, 6) is 1.70. The van der Waals surface area contributed by atoms with E-state index in [1.165, 1.54) is 12.6 Å². The molecule has 3 N–H and O–H groups in total. The summed E-state index contributed by atoms with van der Waals surface area (Å²) in [7, 11) is 0. The van der Waals surface area contributed by atoms with Crippen LogP contribution in [0.5, 0.6) is 0 Å². The van der Waals surface area contributed by atoms with Gasteiger partial charge < -0.3 is 20.0 Å². The van der Waals surface area contributed by atoms with Crippen LogP contribution in [-0.2, 0) is 0 Å². The third-order valence-electron chi connectivity index (χ3n) is 4.24. The van der Waals surface area contributed by atoms with Crippen molar-refractivity contribution in [3.05, 3.63) is 0 Å². The molecule has 3 heterocycles. The standard InChI is InChI=1S/C15H25N7O2/c23-11-12(24)10-16-20-13-17-14(21-6-2-1-3-7-21)19-15(18-13)22-8-4-5-9-22/h10,12,23-24H,1-9,11H2,(H,17,18,19,20)/b16-10-/t12-/m1/s1. The molecular weight excluding hydrogens is 310 g/mol. The maximum absolute atomic E-state index is 9.31. The first-order chi connectivity index (χ1) is 11.8. The number of hydrogen-bond donors (Lipinski definition) is 3. The molecule has 0 amide bonds. The maximum Gasteiger partial charge on any atom is 0.250 e. The number of hydrazone groups is 1. The van der Waals surface area contributed by atoms with E-state index in [1.54, 1.807) is 0 Å². The van der Waals surface area contributed by atoms with Gasteiger partial charge in [0.25, 0.3) is 0 Å². The van der Waals surface area contributed by atoms with E-state index in [9.17, 15) is 5.11 Å². The zero-order valence-electron chi connectivity index (χ0n) is 13.8. The molecule has 0 aromatic carbocycles. The van der Waals surface area contributed by atoms with Crippen LogP contribution in [0.25, 0.3) is 0 Å². The second kappa shape index (κ2) is 8.20. The quantitative estimate of drug-likeness (QED) is 0.500. The summed E-state index contributed by atoms with van der Waals surface area (Å²) in [6, 6.07) is 0. The van der Waals surface area contributed by atoms with E-state index in [2.05, 4.69) is 35.3 Å². The summed E-state index contributed by atoms with van der Waals surface area (Å²) in [6.07, 6.45) is 6.05. The second-order valence-electron chi connectivity index (χ2n) is 6.14. The van der Waals surface area contributed by atoms with Crippen molar-refractivity contribution in [3.63, 3.8) is 0 Å². The van der Waals surface area contributed by atoms with Crippen molar-refractivity contribution in [2.45, 2.75) is 38.2 Å². The van der Waals surface area contributed by atoms with Gasteiger partial charge >= 0.3 is 0 Å². The van der Waals surface area contributed by atoms with Gasteiger partial charge in [0.2, 0.25) is 17.8 Å². The number of nitrogens with one attached hydrogen (secondary N) is 1. The Kier molecular flexibility index (Phi) is 5.76. The molecule has 2 fully saturated rings. The molecule has 2 saturated heterocycles. The average Bonchev–Trinajstić information content (AvgIpc) is 3.17. The molecule has 2 aliphatic rings. The number of nitrogens with zero attached hydrogens (tertiary/aromatic N) is 6. The van der Waals surface area contributed by atoms with Crippen LogP contribution in [0.1, 0.15) is 32.1 Å². The minimum absolute atomic E-state index is 0.355. The van der Waals surface area contributed by atoms with Gasteiger partial charge in [0.15, 0.2) is 0 Å². The number of aliphatic hydroxyl groups is 2. The van der Waals surface area contributed by atoms with Crippen LogP contribution < -0.4 is 15.2 Å². The Labute approximate surface area is 141 Å². The van der Waals surface area contributed by atoms with Crippen LogP contribution in [0.15, 0.2) is 5.10 Å². The summed E-state index contributed by atoms with van der Waals surface area (Å²) < 4.78 is 0. The first kappa shape index (κ1) is 16.8. The third-order valence-corrected chi connectivity index (χ3v) is 4.24. The van der Waals surface area contributed by atoms with Crippen LogP contribution in [-0.4, -0.2) is 70.3 Å². The fourth-order valence-corrected chi connectivity index (χ4v) is 2.93. The highest BCUT2D eigenvalue weighted by Crippen LogP contribution is 2.22. The molecule has 0 saturated carbocycles. The molecule has 1 aromatic rings. The molecule has 132 valence electrons. The van der Waals surface area contributed by atoms with Gasteiger partial charge in [0.05, 0.1) is 12.8 Å². The van der Waals surface area contributed by atoms with E-state index in [0.29, 0.717) is 17.8 Å². The molecule has 9 heteroatoms. The van der Waals surface area contributed by atoms with Crippen LogP contribution >= 0.6 is 0 Å². The smallest absolute Gasteiger partial charge is 0.250 e. The predicted molar refractivity (Wildman–Crippen MR) is 92.5 cm³/mol. The average molecular weight is 335 g/mol. The summed E-state index contributed by atoms with van der Waals surface area (Å²) in [6.45, 7) is 3.44. The highest BCUT2D eigenvalue weighted by atomic mass is 16.3. The van der Waals surface area contributed by atoms with Crippen molar-refractivity contribution in [2.75, 3.05) is 48.0 Å². The van der Waals surface area contributed by atoms with Crippen LogP contribution in [0.3, 0.4) is 0 Å². The lowest BCUT2D eigenvalue weighted by molar-refractivity contribution is 0.148. The Morgan fingerprint density at radius 1 is 0.958 bits per heavy atom. The van der Waals surface area contributed by atoms with Crippen molar-refractivity contribution >= 4 is 24.1 Å². The van der Waals surface area contributed by atoms with Gasteiger partial charge in [-0.1, -0.05) is 0 Å². The minimum Gasteiger partial charge on any atom is -0.393 e. The van der Waals surface area contributed by atoms with Crippen molar-refractivity contribution in [2.24, 2.45) is 5.10 Å². The van der Waals surface area contributed by atoms with Crippen molar-refractivity contribution in [1.82, 2.24) is 15.0 Å². The molecule has 1 aromatic heterocycles. The molecule has 0 spiro atoms. The van der Waals surface area contributed by atoms with E-state index >= 15 is 0 Å². The molecular formula is C15H25N7O2. The summed E-state index contributed by atoms with van der Waals surface area (Å²) in [5, 5.41) is 22.0. The van der Waals surface area contributed by atoms with Crippen molar-refractivity contribution < 1.29 is 10.2 Å². The fraction of sp³-hybridized carbons (Fsp3) is 0.733. The molecule has 1 atom stereocenters. The normalized spacial score (nSPS) is 19.9. The molecule has 2 aliphatic heterocycles.